The van der Waals surface area contributed by atoms with Crippen LogP contribution in [0.15, 0.2) is 36.7 Å². The Labute approximate surface area is 185 Å². The molecule has 1 aliphatic rings. The first kappa shape index (κ1) is 19.9. The summed E-state index contributed by atoms with van der Waals surface area (Å²) in [5.74, 6) is 7.86. The van der Waals surface area contributed by atoms with Crippen LogP contribution in [0.1, 0.15) is 43.9 Å². The highest BCUT2D eigenvalue weighted by molar-refractivity contribution is 5.99. The molecule has 0 unspecified atom stereocenters. The maximum absolute atomic E-state index is 12.2. The molecule has 32 heavy (non-hydrogen) atoms. The number of fused-ring (bicyclic) bond motifs is 2. The van der Waals surface area contributed by atoms with Crippen LogP contribution in [0, 0.1) is 17.8 Å². The molecule has 8 nitrogen and oxygen atoms in total. The molecule has 1 aromatic carbocycles. The molecular formula is C24H23N7O. The van der Waals surface area contributed by atoms with Gasteiger partial charge in [-0.2, -0.15) is 0 Å². The Morgan fingerprint density at radius 3 is 2.72 bits per heavy atom. The molecule has 0 radical (unpaired) electrons. The Morgan fingerprint density at radius 1 is 1.12 bits per heavy atom. The molecule has 5 rings (SSSR count). The van der Waals surface area contributed by atoms with Crippen LogP contribution in [-0.4, -0.2) is 37.9 Å². The van der Waals surface area contributed by atoms with E-state index in [2.05, 4.69) is 56.6 Å². The lowest BCUT2D eigenvalue weighted by atomic mass is 10.1. The van der Waals surface area contributed by atoms with Crippen LogP contribution in [0.25, 0.3) is 21.8 Å². The largest absolute Gasteiger partial charge is 0.373 e. The van der Waals surface area contributed by atoms with Gasteiger partial charge in [-0.05, 0) is 51.0 Å². The van der Waals surface area contributed by atoms with Crippen LogP contribution in [-0.2, 0) is 4.79 Å². The molecule has 1 saturated carbocycles. The van der Waals surface area contributed by atoms with Crippen molar-refractivity contribution < 1.29 is 4.79 Å². The van der Waals surface area contributed by atoms with Gasteiger partial charge in [-0.3, -0.25) is 4.79 Å². The topological polar surface area (TPSA) is 97.6 Å². The summed E-state index contributed by atoms with van der Waals surface area (Å²) in [4.78, 5) is 21.1. The van der Waals surface area contributed by atoms with Crippen LogP contribution >= 0.6 is 0 Å². The van der Waals surface area contributed by atoms with Gasteiger partial charge in [0, 0.05) is 47.7 Å². The number of rotatable bonds is 4. The van der Waals surface area contributed by atoms with Gasteiger partial charge in [0.2, 0.25) is 5.91 Å². The van der Waals surface area contributed by atoms with Crippen molar-refractivity contribution in [3.63, 3.8) is 0 Å². The number of anilines is 2. The van der Waals surface area contributed by atoms with Crippen LogP contribution in [0.2, 0.25) is 0 Å². The minimum atomic E-state index is 0.0241. The molecule has 0 bridgehead atoms. The number of benzene rings is 1. The van der Waals surface area contributed by atoms with E-state index < -0.39 is 0 Å². The molecule has 1 amide bonds. The maximum atomic E-state index is 12.2. The smallest absolute Gasteiger partial charge is 0.228 e. The highest BCUT2D eigenvalue weighted by atomic mass is 16.2. The monoisotopic (exact) mass is 425 g/mol. The third-order valence-electron chi connectivity index (χ3n) is 5.51. The van der Waals surface area contributed by atoms with Crippen molar-refractivity contribution in [3.8, 4) is 11.8 Å². The standard InChI is InChI=1S/C24H23N7O/c1-14(2)31-21-10-15(5-9-20(21)29-30-31)4-6-17-12-27-23(25-3)19-13-26-22(11-18(17)19)28-24(32)16-7-8-16/h5,9-14,16H,7-8H2,1-3H3,(H,25,27)(H,26,28,32). The zero-order valence-corrected chi connectivity index (χ0v) is 18.2. The molecule has 0 aliphatic heterocycles. The molecule has 1 aliphatic carbocycles. The minimum absolute atomic E-state index is 0.0241. The van der Waals surface area contributed by atoms with Gasteiger partial charge in [-0.25, -0.2) is 14.6 Å². The fraction of sp³-hybridized carbons (Fsp3) is 0.292. The second-order valence-corrected chi connectivity index (χ2v) is 8.23. The summed E-state index contributed by atoms with van der Waals surface area (Å²) in [6.07, 6.45) is 5.35. The second-order valence-electron chi connectivity index (χ2n) is 8.23. The van der Waals surface area contributed by atoms with Crippen molar-refractivity contribution >= 4 is 39.3 Å². The number of nitrogens with one attached hydrogen (secondary N) is 2. The highest BCUT2D eigenvalue weighted by Crippen LogP contribution is 2.31. The summed E-state index contributed by atoms with van der Waals surface area (Å²) in [5, 5.41) is 16.2. The second kappa shape index (κ2) is 7.93. The maximum Gasteiger partial charge on any atom is 0.228 e. The van der Waals surface area contributed by atoms with Gasteiger partial charge in [-0.1, -0.05) is 17.1 Å². The highest BCUT2D eigenvalue weighted by Gasteiger charge is 2.29. The molecule has 2 N–H and O–H groups in total. The van der Waals surface area contributed by atoms with Crippen molar-refractivity contribution in [3.05, 3.63) is 47.8 Å². The van der Waals surface area contributed by atoms with Crippen molar-refractivity contribution in [1.29, 1.82) is 0 Å². The molecule has 4 aromatic rings. The number of hydrogen-bond donors (Lipinski definition) is 2. The van der Waals surface area contributed by atoms with Gasteiger partial charge < -0.3 is 10.6 Å². The molecule has 0 saturated heterocycles. The van der Waals surface area contributed by atoms with Gasteiger partial charge >= 0.3 is 0 Å². The van der Waals surface area contributed by atoms with E-state index in [9.17, 15) is 4.79 Å². The molecule has 8 heteroatoms. The van der Waals surface area contributed by atoms with Crippen molar-refractivity contribution in [2.24, 2.45) is 5.92 Å². The zero-order chi connectivity index (χ0) is 22.2. The summed E-state index contributed by atoms with van der Waals surface area (Å²) in [6.45, 7) is 4.14. The van der Waals surface area contributed by atoms with Crippen LogP contribution in [0.5, 0.6) is 0 Å². The number of aromatic nitrogens is 5. The average Bonchev–Trinajstić information content (AvgIpc) is 3.56. The SMILES string of the molecule is CNc1ncc(C#Cc2ccc3nnn(C(C)C)c3c2)c2cc(NC(=O)C3CC3)ncc12. The first-order valence-electron chi connectivity index (χ1n) is 10.7. The van der Waals surface area contributed by atoms with Gasteiger partial charge in [0.15, 0.2) is 0 Å². The first-order chi connectivity index (χ1) is 15.5. The summed E-state index contributed by atoms with van der Waals surface area (Å²) < 4.78 is 1.89. The molecule has 3 aromatic heterocycles. The van der Waals surface area contributed by atoms with E-state index in [1.807, 2.05) is 36.0 Å². The van der Waals surface area contributed by atoms with Gasteiger partial charge in [-0.15, -0.1) is 5.10 Å². The Balaban J connectivity index is 1.55. The van der Waals surface area contributed by atoms with Gasteiger partial charge in [0.1, 0.15) is 17.2 Å². The van der Waals surface area contributed by atoms with Crippen LogP contribution < -0.4 is 10.6 Å². The fourth-order valence-electron chi connectivity index (χ4n) is 3.61. The normalized spacial score (nSPS) is 13.2. The van der Waals surface area contributed by atoms with E-state index in [1.165, 1.54) is 0 Å². The summed E-state index contributed by atoms with van der Waals surface area (Å²) in [6, 6.07) is 7.95. The fourth-order valence-corrected chi connectivity index (χ4v) is 3.61. The van der Waals surface area contributed by atoms with E-state index >= 15 is 0 Å². The number of pyridine rings is 2. The lowest BCUT2D eigenvalue weighted by molar-refractivity contribution is -0.117. The molecule has 1 fully saturated rings. The Morgan fingerprint density at radius 2 is 1.97 bits per heavy atom. The van der Waals surface area contributed by atoms with Crippen LogP contribution in [0.4, 0.5) is 11.6 Å². The predicted molar refractivity (Wildman–Crippen MR) is 124 cm³/mol. The Hall–Kier alpha value is -3.99. The number of carbonyl (C=O) groups excluding carboxylic acids is 1. The number of amides is 1. The van der Waals surface area contributed by atoms with E-state index in [0.717, 1.165) is 45.8 Å². The number of carbonyl (C=O) groups is 1. The molecule has 0 spiro atoms. The molecule has 3 heterocycles. The Bertz CT molecular complexity index is 1410. The van der Waals surface area contributed by atoms with Gasteiger partial charge in [0.25, 0.3) is 0 Å². The Kier molecular flexibility index (Phi) is 4.94. The summed E-state index contributed by atoms with van der Waals surface area (Å²) in [5.41, 5.74) is 3.43. The van der Waals surface area contributed by atoms with Crippen molar-refractivity contribution in [1.82, 2.24) is 25.0 Å². The molecular weight excluding hydrogens is 402 g/mol. The molecule has 160 valence electrons. The van der Waals surface area contributed by atoms with Crippen molar-refractivity contribution in [2.75, 3.05) is 17.7 Å². The van der Waals surface area contributed by atoms with E-state index in [-0.39, 0.29) is 17.9 Å². The molecule has 0 atom stereocenters. The van der Waals surface area contributed by atoms with E-state index in [4.69, 9.17) is 0 Å². The number of hydrogen-bond acceptors (Lipinski definition) is 6. The summed E-state index contributed by atoms with van der Waals surface area (Å²) in [7, 11) is 1.82. The number of nitrogens with zero attached hydrogens (tertiary/aromatic N) is 5. The van der Waals surface area contributed by atoms with E-state index in [1.54, 1.807) is 12.4 Å². The van der Waals surface area contributed by atoms with Crippen molar-refractivity contribution in [2.45, 2.75) is 32.7 Å². The first-order valence-corrected chi connectivity index (χ1v) is 10.7. The quantitative estimate of drug-likeness (QED) is 0.484. The summed E-state index contributed by atoms with van der Waals surface area (Å²) >= 11 is 0. The minimum Gasteiger partial charge on any atom is -0.373 e. The predicted octanol–water partition coefficient (Wildman–Crippen LogP) is 3.75. The zero-order valence-electron chi connectivity index (χ0n) is 18.2. The lowest BCUT2D eigenvalue weighted by Crippen LogP contribution is -2.14. The average molecular weight is 425 g/mol. The van der Waals surface area contributed by atoms with E-state index in [0.29, 0.717) is 11.6 Å². The lowest BCUT2D eigenvalue weighted by Gasteiger charge is -2.09. The van der Waals surface area contributed by atoms with Crippen LogP contribution in [0.3, 0.4) is 0 Å². The third kappa shape index (κ3) is 3.73. The van der Waals surface area contributed by atoms with Gasteiger partial charge in [0.05, 0.1) is 11.1 Å². The third-order valence-corrected chi connectivity index (χ3v) is 5.51.